The molecule has 1 atom stereocenters. The highest BCUT2D eigenvalue weighted by Gasteiger charge is 2.40. The lowest BCUT2D eigenvalue weighted by Gasteiger charge is -2.32. The molecule has 1 heterocycles. The number of cyclic esters (lactones) is 1. The van der Waals surface area contributed by atoms with Crippen molar-refractivity contribution in [1.82, 2.24) is 10.6 Å². The summed E-state index contributed by atoms with van der Waals surface area (Å²) in [4.78, 5) is 57.9. The summed E-state index contributed by atoms with van der Waals surface area (Å²) in [5, 5.41) is 12.9. The quantitative estimate of drug-likeness (QED) is 0.429. The molecule has 0 radical (unpaired) electrons. The monoisotopic (exact) mass is 402 g/mol. The molecule has 0 bridgehead atoms. The minimum absolute atomic E-state index is 0.0586. The van der Waals surface area contributed by atoms with Crippen LogP contribution in [0.15, 0.2) is 12.2 Å². The van der Waals surface area contributed by atoms with Gasteiger partial charge in [-0.15, -0.1) is 0 Å². The van der Waals surface area contributed by atoms with E-state index in [9.17, 15) is 24.0 Å². The topological polar surface area (TPSA) is 148 Å². The van der Waals surface area contributed by atoms with Gasteiger partial charge >= 0.3 is 17.2 Å². The Labute approximate surface area is 160 Å². The number of rotatable bonds is 5. The number of nitrogens with one attached hydrogen (secondary N) is 2. The summed E-state index contributed by atoms with van der Waals surface area (Å²) in [5.41, 5.74) is -1.10. The first-order valence-corrected chi connectivity index (χ1v) is 9.06. The lowest BCUT2D eigenvalue weighted by molar-refractivity contribution is -0.148. The fourth-order valence-electron chi connectivity index (χ4n) is 2.02. The smallest absolute Gasteiger partial charge is 0.368 e. The summed E-state index contributed by atoms with van der Waals surface area (Å²) in [5.74, 6) is -2.80. The number of carbonyl (C=O) groups is 5. The van der Waals surface area contributed by atoms with Crippen molar-refractivity contribution >= 4 is 40.8 Å². The molecule has 1 rings (SSSR count). The maximum Gasteiger partial charge on any atom is 0.368 e. The highest BCUT2D eigenvalue weighted by Crippen LogP contribution is 2.26. The van der Waals surface area contributed by atoms with Crippen molar-refractivity contribution in [3.05, 3.63) is 12.2 Å². The Balaban J connectivity index is 2.82. The minimum atomic E-state index is -1.31. The van der Waals surface area contributed by atoms with Crippen LogP contribution in [0.2, 0.25) is 0 Å². The molecular weight excluding hydrogens is 380 g/mol. The molecule has 0 aliphatic carbocycles. The number of hydrogen-bond acceptors (Lipinski definition) is 8. The number of hydrogen-bond donors (Lipinski definition) is 3. The van der Waals surface area contributed by atoms with Gasteiger partial charge in [-0.05, 0) is 11.8 Å². The number of thioether (sulfide) groups is 1. The van der Waals surface area contributed by atoms with Crippen molar-refractivity contribution in [3.8, 4) is 0 Å². The number of aliphatic carboxylic acids is 1. The average molecular weight is 402 g/mol. The Morgan fingerprint density at radius 2 is 1.96 bits per heavy atom. The second-order valence-electron chi connectivity index (χ2n) is 6.26. The number of carbonyl (C=O) groups excluding carboxylic acids is 4. The van der Waals surface area contributed by atoms with Gasteiger partial charge in [-0.25, -0.2) is 14.4 Å². The highest BCUT2D eigenvalue weighted by molar-refractivity contribution is 8.13. The zero-order chi connectivity index (χ0) is 20.4. The molecule has 0 aromatic heterocycles. The number of amides is 2. The van der Waals surface area contributed by atoms with Gasteiger partial charge in [0, 0.05) is 42.8 Å². The van der Waals surface area contributed by atoms with Gasteiger partial charge in [0.1, 0.15) is 6.61 Å². The third kappa shape index (κ3) is 8.58. The molecule has 27 heavy (non-hydrogen) atoms. The molecule has 11 heteroatoms. The predicted octanol–water partition coefficient (Wildman–Crippen LogP) is 0.0711. The van der Waals surface area contributed by atoms with Crippen LogP contribution in [-0.4, -0.2) is 65.7 Å². The van der Waals surface area contributed by atoms with Crippen LogP contribution in [-0.2, 0) is 28.7 Å². The Morgan fingerprint density at radius 1 is 1.26 bits per heavy atom. The summed E-state index contributed by atoms with van der Waals surface area (Å²) in [6.45, 7) is 3.16. The Kier molecular flexibility index (Phi) is 8.79. The third-order valence-electron chi connectivity index (χ3n) is 3.41. The number of ether oxygens (including phenoxy) is 2. The lowest BCUT2D eigenvalue weighted by atomic mass is 9.86. The van der Waals surface area contributed by atoms with Crippen molar-refractivity contribution in [3.63, 3.8) is 0 Å². The van der Waals surface area contributed by atoms with Crippen LogP contribution in [0, 0.1) is 5.41 Å². The van der Waals surface area contributed by atoms with Crippen molar-refractivity contribution in [1.29, 1.82) is 0 Å². The second-order valence-corrected chi connectivity index (χ2v) is 7.29. The summed E-state index contributed by atoms with van der Waals surface area (Å²) in [6.07, 6.45) is 0.169. The molecule has 3 N–H and O–H groups in total. The zero-order valence-electron chi connectivity index (χ0n) is 15.0. The van der Waals surface area contributed by atoms with Gasteiger partial charge in [0.15, 0.2) is 6.10 Å². The van der Waals surface area contributed by atoms with E-state index in [1.807, 2.05) is 0 Å². The van der Waals surface area contributed by atoms with Crippen molar-refractivity contribution in [2.45, 2.75) is 26.4 Å². The van der Waals surface area contributed by atoms with E-state index in [0.29, 0.717) is 6.08 Å². The van der Waals surface area contributed by atoms with Crippen LogP contribution in [0.25, 0.3) is 0 Å². The summed E-state index contributed by atoms with van der Waals surface area (Å²) in [6, 6.07) is 0. The Hall–Kier alpha value is -2.56. The molecule has 0 saturated carbocycles. The molecule has 2 amide bonds. The maximum absolute atomic E-state index is 12.4. The molecule has 1 saturated heterocycles. The van der Waals surface area contributed by atoms with E-state index in [-0.39, 0.29) is 37.8 Å². The second kappa shape index (κ2) is 10.6. The molecule has 1 aliphatic rings. The molecule has 0 aromatic carbocycles. The molecular formula is C16H22N2O8S. The Morgan fingerprint density at radius 3 is 2.63 bits per heavy atom. The first-order valence-electron chi connectivity index (χ1n) is 8.07. The fourth-order valence-corrected chi connectivity index (χ4v) is 2.56. The lowest BCUT2D eigenvalue weighted by Crippen LogP contribution is -2.49. The summed E-state index contributed by atoms with van der Waals surface area (Å²) < 4.78 is 10.2. The van der Waals surface area contributed by atoms with Crippen LogP contribution in [0.5, 0.6) is 0 Å². The normalized spacial score (nSPS) is 19.9. The van der Waals surface area contributed by atoms with Crippen molar-refractivity contribution in [2.24, 2.45) is 5.41 Å². The molecule has 150 valence electrons. The number of esters is 1. The fraction of sp³-hybridized carbons (Fsp3) is 0.562. The van der Waals surface area contributed by atoms with E-state index < -0.39 is 34.7 Å². The van der Waals surface area contributed by atoms with Crippen LogP contribution in [0.1, 0.15) is 20.3 Å². The van der Waals surface area contributed by atoms with Gasteiger partial charge in [0.2, 0.25) is 5.91 Å². The first kappa shape index (κ1) is 22.5. The molecule has 1 fully saturated rings. The van der Waals surface area contributed by atoms with E-state index in [0.717, 1.165) is 17.8 Å². The van der Waals surface area contributed by atoms with Crippen molar-refractivity contribution < 1.29 is 38.6 Å². The van der Waals surface area contributed by atoms with E-state index in [2.05, 4.69) is 10.6 Å². The van der Waals surface area contributed by atoms with Gasteiger partial charge < -0.3 is 25.2 Å². The highest BCUT2D eigenvalue weighted by atomic mass is 32.2. The van der Waals surface area contributed by atoms with Gasteiger partial charge in [0.25, 0.3) is 5.91 Å². The molecule has 10 nitrogen and oxygen atoms in total. The predicted molar refractivity (Wildman–Crippen MR) is 94.9 cm³/mol. The average Bonchev–Trinajstić information content (AvgIpc) is 2.58. The standard InChI is InChI=1S/C16H22N2O8S/c1-16(2,9-25-12(22)4-3-11(20)21)13-14(23)18-6-5-10(19)17-7-8-27-15(24)26-13/h3-4,13H,5-9H2,1-2H3,(H,17,19)(H,18,23)(H,20,21)/b4-3+/t13-/m0/s1. The van der Waals surface area contributed by atoms with Crippen LogP contribution < -0.4 is 10.6 Å². The molecule has 1 aliphatic heterocycles. The maximum atomic E-state index is 12.4. The van der Waals surface area contributed by atoms with Crippen molar-refractivity contribution in [2.75, 3.05) is 25.4 Å². The van der Waals surface area contributed by atoms with Crippen LogP contribution in [0.3, 0.4) is 0 Å². The van der Waals surface area contributed by atoms with E-state index in [1.165, 1.54) is 0 Å². The van der Waals surface area contributed by atoms with E-state index >= 15 is 0 Å². The summed E-state index contributed by atoms with van der Waals surface area (Å²) in [7, 11) is 0. The Bertz CT molecular complexity index is 632. The SMILES string of the molecule is CC(C)(COC(=O)/C=C/C(=O)O)[C@H]1OC(=O)SCCNC(=O)CCNC1=O. The summed E-state index contributed by atoms with van der Waals surface area (Å²) >= 11 is 0.811. The minimum Gasteiger partial charge on any atom is -0.478 e. The molecule has 0 aromatic rings. The van der Waals surface area contributed by atoms with Gasteiger partial charge in [0.05, 0.1) is 0 Å². The number of carboxylic acid groups (broad SMARTS) is 1. The largest absolute Gasteiger partial charge is 0.478 e. The van der Waals surface area contributed by atoms with Gasteiger partial charge in [-0.3, -0.25) is 9.59 Å². The number of carboxylic acids is 1. The van der Waals surface area contributed by atoms with E-state index in [4.69, 9.17) is 14.6 Å². The molecule has 0 unspecified atom stereocenters. The molecule has 0 spiro atoms. The van der Waals surface area contributed by atoms with Gasteiger partial charge in [-0.2, -0.15) is 0 Å². The zero-order valence-corrected chi connectivity index (χ0v) is 15.8. The van der Waals surface area contributed by atoms with E-state index in [1.54, 1.807) is 13.8 Å². The third-order valence-corrected chi connectivity index (χ3v) is 4.15. The van der Waals surface area contributed by atoms with Gasteiger partial charge in [-0.1, -0.05) is 13.8 Å². The first-order chi connectivity index (χ1) is 12.6. The van der Waals surface area contributed by atoms with Crippen LogP contribution >= 0.6 is 11.8 Å². The van der Waals surface area contributed by atoms with Crippen LogP contribution in [0.4, 0.5) is 4.79 Å².